The molecule has 1 saturated carbocycles. The Morgan fingerprint density at radius 3 is 2.57 bits per heavy atom. The van der Waals surface area contributed by atoms with Gasteiger partial charge in [-0.05, 0) is 18.9 Å². The highest BCUT2D eigenvalue weighted by Gasteiger charge is 2.63. The predicted molar refractivity (Wildman–Crippen MR) is 54.0 cm³/mol. The zero-order chi connectivity index (χ0) is 9.76. The number of carbonyl (C=O) groups is 1. The molecule has 1 heterocycles. The lowest BCUT2D eigenvalue weighted by Crippen LogP contribution is -2.22. The number of piperidine rings is 1. The maximum absolute atomic E-state index is 11.4. The summed E-state index contributed by atoms with van der Waals surface area (Å²) in [5, 5.41) is 2.93. The standard InChI is InChI=1S/C12H13NO/c1-8-2-4-9(5-3-8)12-6-10(12)11(14)13-7-12/h2-5,10H,6-7H2,1H3,(H,13,14). The van der Waals surface area contributed by atoms with Crippen molar-refractivity contribution in [2.45, 2.75) is 18.8 Å². The van der Waals surface area contributed by atoms with Gasteiger partial charge in [0, 0.05) is 12.0 Å². The smallest absolute Gasteiger partial charge is 0.224 e. The highest BCUT2D eigenvalue weighted by molar-refractivity contribution is 5.88. The first kappa shape index (κ1) is 8.04. The lowest BCUT2D eigenvalue weighted by Gasteiger charge is -2.11. The van der Waals surface area contributed by atoms with E-state index >= 15 is 0 Å². The van der Waals surface area contributed by atoms with Crippen LogP contribution < -0.4 is 5.32 Å². The predicted octanol–water partition coefficient (Wildman–Crippen LogP) is 1.38. The van der Waals surface area contributed by atoms with Crippen molar-refractivity contribution in [2.24, 2.45) is 5.92 Å². The molecule has 2 atom stereocenters. The van der Waals surface area contributed by atoms with Gasteiger partial charge in [-0.3, -0.25) is 4.79 Å². The van der Waals surface area contributed by atoms with Crippen LogP contribution in [-0.2, 0) is 10.2 Å². The van der Waals surface area contributed by atoms with E-state index in [1.807, 2.05) is 0 Å². The largest absolute Gasteiger partial charge is 0.355 e. The quantitative estimate of drug-likeness (QED) is 0.707. The molecule has 1 saturated heterocycles. The molecule has 0 bridgehead atoms. The zero-order valence-corrected chi connectivity index (χ0v) is 8.21. The second-order valence-corrected chi connectivity index (χ2v) is 4.50. The molecule has 0 aromatic heterocycles. The van der Waals surface area contributed by atoms with Crippen molar-refractivity contribution in [1.29, 1.82) is 0 Å². The molecule has 1 amide bonds. The van der Waals surface area contributed by atoms with Gasteiger partial charge in [-0.2, -0.15) is 0 Å². The van der Waals surface area contributed by atoms with Gasteiger partial charge >= 0.3 is 0 Å². The van der Waals surface area contributed by atoms with Crippen LogP contribution in [-0.4, -0.2) is 12.5 Å². The van der Waals surface area contributed by atoms with Gasteiger partial charge in [-0.15, -0.1) is 0 Å². The van der Waals surface area contributed by atoms with Gasteiger partial charge in [0.15, 0.2) is 0 Å². The fourth-order valence-electron chi connectivity index (χ4n) is 2.52. The molecule has 3 rings (SSSR count). The van der Waals surface area contributed by atoms with Crippen LogP contribution in [0.4, 0.5) is 0 Å². The number of hydrogen-bond acceptors (Lipinski definition) is 1. The Bertz CT molecular complexity index is 395. The normalized spacial score (nSPS) is 33.8. The van der Waals surface area contributed by atoms with Crippen LogP contribution in [0.25, 0.3) is 0 Å². The highest BCUT2D eigenvalue weighted by Crippen LogP contribution is 2.56. The number of hydrogen-bond donors (Lipinski definition) is 1. The molecule has 2 nitrogen and oxygen atoms in total. The third-order valence-corrected chi connectivity index (χ3v) is 3.60. The van der Waals surface area contributed by atoms with Gasteiger partial charge in [0.25, 0.3) is 0 Å². The van der Waals surface area contributed by atoms with E-state index in [1.165, 1.54) is 11.1 Å². The van der Waals surface area contributed by atoms with E-state index < -0.39 is 0 Å². The van der Waals surface area contributed by atoms with Gasteiger partial charge in [0.2, 0.25) is 5.91 Å². The summed E-state index contributed by atoms with van der Waals surface area (Å²) < 4.78 is 0. The molecule has 2 heteroatoms. The number of fused-ring (bicyclic) bond motifs is 1. The Hall–Kier alpha value is -1.31. The number of rotatable bonds is 1. The molecular weight excluding hydrogens is 174 g/mol. The summed E-state index contributed by atoms with van der Waals surface area (Å²) in [6.07, 6.45) is 1.04. The zero-order valence-electron chi connectivity index (χ0n) is 8.21. The van der Waals surface area contributed by atoms with Crippen LogP contribution in [0.1, 0.15) is 17.5 Å². The molecule has 72 valence electrons. The van der Waals surface area contributed by atoms with Crippen molar-refractivity contribution in [3.63, 3.8) is 0 Å². The lowest BCUT2D eigenvalue weighted by atomic mass is 9.94. The molecule has 2 unspecified atom stereocenters. The first-order chi connectivity index (χ1) is 6.72. The van der Waals surface area contributed by atoms with Gasteiger partial charge < -0.3 is 5.32 Å². The van der Waals surface area contributed by atoms with Crippen molar-refractivity contribution in [1.82, 2.24) is 5.32 Å². The molecule has 14 heavy (non-hydrogen) atoms. The maximum Gasteiger partial charge on any atom is 0.224 e. The van der Waals surface area contributed by atoms with E-state index in [0.717, 1.165) is 13.0 Å². The van der Waals surface area contributed by atoms with Crippen LogP contribution in [0.15, 0.2) is 24.3 Å². The second kappa shape index (κ2) is 2.38. The Kier molecular flexibility index (Phi) is 1.37. The Balaban J connectivity index is 1.98. The summed E-state index contributed by atoms with van der Waals surface area (Å²) >= 11 is 0. The molecule has 2 aliphatic rings. The fraction of sp³-hybridized carbons (Fsp3) is 0.417. The molecule has 0 radical (unpaired) electrons. The van der Waals surface area contributed by atoms with Gasteiger partial charge in [-0.1, -0.05) is 29.8 Å². The number of aryl methyl sites for hydroxylation is 1. The summed E-state index contributed by atoms with van der Waals surface area (Å²) in [5.74, 6) is 0.496. The van der Waals surface area contributed by atoms with E-state index in [9.17, 15) is 4.79 Å². The molecule has 1 aliphatic carbocycles. The SMILES string of the molecule is Cc1ccc(C23CNC(=O)C2C3)cc1. The molecule has 0 spiro atoms. The third-order valence-electron chi connectivity index (χ3n) is 3.60. The van der Waals surface area contributed by atoms with Crippen LogP contribution in [0, 0.1) is 12.8 Å². The van der Waals surface area contributed by atoms with Crippen molar-refractivity contribution in [3.05, 3.63) is 35.4 Å². The highest BCUT2D eigenvalue weighted by atomic mass is 16.2. The third kappa shape index (κ3) is 0.884. The molecule has 2 fully saturated rings. The molecular formula is C12H13NO. The first-order valence-corrected chi connectivity index (χ1v) is 5.07. The van der Waals surface area contributed by atoms with Gasteiger partial charge in [-0.25, -0.2) is 0 Å². The van der Waals surface area contributed by atoms with Crippen LogP contribution >= 0.6 is 0 Å². The number of carbonyl (C=O) groups excluding carboxylic acids is 1. The van der Waals surface area contributed by atoms with E-state index in [-0.39, 0.29) is 17.2 Å². The molecule has 1 N–H and O–H groups in total. The Labute approximate surface area is 83.3 Å². The van der Waals surface area contributed by atoms with Crippen molar-refractivity contribution in [3.8, 4) is 0 Å². The Morgan fingerprint density at radius 2 is 2.07 bits per heavy atom. The summed E-state index contributed by atoms with van der Waals surface area (Å²) in [6.45, 7) is 2.92. The van der Waals surface area contributed by atoms with Crippen molar-refractivity contribution in [2.75, 3.05) is 6.54 Å². The van der Waals surface area contributed by atoms with Gasteiger partial charge in [0.1, 0.15) is 0 Å². The summed E-state index contributed by atoms with van der Waals surface area (Å²) in [6, 6.07) is 8.58. The number of nitrogens with one attached hydrogen (secondary N) is 1. The van der Waals surface area contributed by atoms with E-state index in [1.54, 1.807) is 0 Å². The van der Waals surface area contributed by atoms with Crippen LogP contribution in [0.5, 0.6) is 0 Å². The van der Waals surface area contributed by atoms with Crippen LogP contribution in [0.2, 0.25) is 0 Å². The van der Waals surface area contributed by atoms with Gasteiger partial charge in [0.05, 0.1) is 5.92 Å². The number of amides is 1. The fourth-order valence-corrected chi connectivity index (χ4v) is 2.52. The second-order valence-electron chi connectivity index (χ2n) is 4.50. The molecule has 1 aromatic rings. The van der Waals surface area contributed by atoms with E-state index in [0.29, 0.717) is 0 Å². The number of benzene rings is 1. The average Bonchev–Trinajstić information content (AvgIpc) is 2.84. The average molecular weight is 187 g/mol. The minimum absolute atomic E-state index is 0.158. The summed E-state index contributed by atoms with van der Waals surface area (Å²) in [5.41, 5.74) is 2.76. The topological polar surface area (TPSA) is 29.1 Å². The molecule has 1 aromatic carbocycles. The van der Waals surface area contributed by atoms with Crippen LogP contribution in [0.3, 0.4) is 0 Å². The minimum atomic E-state index is 0.158. The Morgan fingerprint density at radius 1 is 1.36 bits per heavy atom. The monoisotopic (exact) mass is 187 g/mol. The maximum atomic E-state index is 11.4. The first-order valence-electron chi connectivity index (χ1n) is 5.07. The minimum Gasteiger partial charge on any atom is -0.355 e. The van der Waals surface area contributed by atoms with E-state index in [2.05, 4.69) is 36.5 Å². The van der Waals surface area contributed by atoms with Crippen molar-refractivity contribution < 1.29 is 4.79 Å². The summed E-state index contributed by atoms with van der Waals surface area (Å²) in [4.78, 5) is 11.4. The summed E-state index contributed by atoms with van der Waals surface area (Å²) in [7, 11) is 0. The van der Waals surface area contributed by atoms with Crippen molar-refractivity contribution >= 4 is 5.91 Å². The lowest BCUT2D eigenvalue weighted by molar-refractivity contribution is -0.120. The van der Waals surface area contributed by atoms with E-state index in [4.69, 9.17) is 0 Å². The molecule has 1 aliphatic heterocycles.